The molecule has 0 aliphatic carbocycles. The van der Waals surface area contributed by atoms with Crippen LogP contribution in [0.4, 0.5) is 5.69 Å². The van der Waals surface area contributed by atoms with E-state index in [0.717, 1.165) is 24.1 Å². The smallest absolute Gasteiger partial charge is 0.399 e. The largest absolute Gasteiger partial charge is 0.494 e. The number of rotatable bonds is 5. The van der Waals surface area contributed by atoms with E-state index in [0.29, 0.717) is 6.54 Å². The summed E-state index contributed by atoms with van der Waals surface area (Å²) in [5.41, 5.74) is 7.01. The predicted octanol–water partition coefficient (Wildman–Crippen LogP) is 1.75. The summed E-state index contributed by atoms with van der Waals surface area (Å²) in [7, 11) is -0.309. The van der Waals surface area contributed by atoms with E-state index in [2.05, 4.69) is 39.1 Å². The van der Waals surface area contributed by atoms with E-state index < -0.39 is 0 Å². The van der Waals surface area contributed by atoms with E-state index in [1.54, 1.807) is 0 Å². The molecule has 1 aromatic rings. The summed E-state index contributed by atoms with van der Waals surface area (Å²) < 4.78 is 12.1. The third-order valence-corrected chi connectivity index (χ3v) is 4.12. The molecular formula is C15H25BN2O2. The SMILES string of the molecule is CC1(C)OB(c2cccc(NCCCN)c2)OC1(C)C. The van der Waals surface area contributed by atoms with Gasteiger partial charge in [-0.1, -0.05) is 12.1 Å². The molecule has 0 amide bonds. The van der Waals surface area contributed by atoms with Crippen molar-refractivity contribution in [3.63, 3.8) is 0 Å². The summed E-state index contributed by atoms with van der Waals surface area (Å²) in [5.74, 6) is 0. The van der Waals surface area contributed by atoms with Gasteiger partial charge in [0.1, 0.15) is 0 Å². The molecule has 0 spiro atoms. The van der Waals surface area contributed by atoms with Crippen molar-refractivity contribution in [3.05, 3.63) is 24.3 Å². The molecule has 5 heteroatoms. The van der Waals surface area contributed by atoms with Crippen LogP contribution in [0, 0.1) is 0 Å². The Morgan fingerprint density at radius 3 is 2.40 bits per heavy atom. The topological polar surface area (TPSA) is 56.5 Å². The summed E-state index contributed by atoms with van der Waals surface area (Å²) >= 11 is 0. The molecule has 1 aliphatic rings. The summed E-state index contributed by atoms with van der Waals surface area (Å²) in [6, 6.07) is 8.19. The lowest BCUT2D eigenvalue weighted by atomic mass is 9.79. The molecule has 0 unspecified atom stereocenters. The van der Waals surface area contributed by atoms with Gasteiger partial charge in [0.15, 0.2) is 0 Å². The molecule has 1 fully saturated rings. The lowest BCUT2D eigenvalue weighted by Crippen LogP contribution is -2.41. The van der Waals surface area contributed by atoms with Crippen molar-refractivity contribution in [1.82, 2.24) is 0 Å². The van der Waals surface area contributed by atoms with Crippen molar-refractivity contribution in [2.24, 2.45) is 5.73 Å². The van der Waals surface area contributed by atoms with Crippen LogP contribution in [-0.4, -0.2) is 31.4 Å². The van der Waals surface area contributed by atoms with Crippen molar-refractivity contribution in [2.45, 2.75) is 45.3 Å². The Labute approximate surface area is 122 Å². The van der Waals surface area contributed by atoms with E-state index in [4.69, 9.17) is 15.0 Å². The molecule has 0 saturated carbocycles. The average Bonchev–Trinajstić information content (AvgIpc) is 2.59. The summed E-state index contributed by atoms with van der Waals surface area (Å²) in [6.07, 6.45) is 0.959. The van der Waals surface area contributed by atoms with Gasteiger partial charge >= 0.3 is 7.12 Å². The van der Waals surface area contributed by atoms with Gasteiger partial charge in [-0.05, 0) is 58.3 Å². The zero-order valence-electron chi connectivity index (χ0n) is 12.9. The molecule has 20 heavy (non-hydrogen) atoms. The highest BCUT2D eigenvalue weighted by Crippen LogP contribution is 2.36. The molecule has 1 saturated heterocycles. The molecule has 110 valence electrons. The van der Waals surface area contributed by atoms with Crippen molar-refractivity contribution in [1.29, 1.82) is 0 Å². The highest BCUT2D eigenvalue weighted by atomic mass is 16.7. The third kappa shape index (κ3) is 3.16. The van der Waals surface area contributed by atoms with Crippen molar-refractivity contribution >= 4 is 18.3 Å². The summed E-state index contributed by atoms with van der Waals surface area (Å²) in [6.45, 7) is 9.84. The number of nitrogens with one attached hydrogen (secondary N) is 1. The first kappa shape index (κ1) is 15.4. The van der Waals surface area contributed by atoms with Crippen LogP contribution in [0.1, 0.15) is 34.1 Å². The Morgan fingerprint density at radius 1 is 1.15 bits per heavy atom. The first-order valence-electron chi connectivity index (χ1n) is 7.25. The van der Waals surface area contributed by atoms with Crippen molar-refractivity contribution < 1.29 is 9.31 Å². The fourth-order valence-electron chi connectivity index (χ4n) is 2.11. The molecule has 3 N–H and O–H groups in total. The van der Waals surface area contributed by atoms with Crippen LogP contribution >= 0.6 is 0 Å². The zero-order valence-corrected chi connectivity index (χ0v) is 12.9. The Kier molecular flexibility index (Phi) is 4.42. The van der Waals surface area contributed by atoms with Crippen LogP contribution in [0.3, 0.4) is 0 Å². The van der Waals surface area contributed by atoms with Gasteiger partial charge in [-0.25, -0.2) is 0 Å². The monoisotopic (exact) mass is 276 g/mol. The maximum Gasteiger partial charge on any atom is 0.494 e. The van der Waals surface area contributed by atoms with Crippen LogP contribution < -0.4 is 16.5 Å². The van der Waals surface area contributed by atoms with Gasteiger partial charge in [0.25, 0.3) is 0 Å². The minimum Gasteiger partial charge on any atom is -0.399 e. The molecule has 1 heterocycles. The predicted molar refractivity (Wildman–Crippen MR) is 84.3 cm³/mol. The lowest BCUT2D eigenvalue weighted by Gasteiger charge is -2.32. The highest BCUT2D eigenvalue weighted by molar-refractivity contribution is 6.62. The maximum absolute atomic E-state index is 6.06. The Hall–Kier alpha value is -1.04. The second kappa shape index (κ2) is 5.76. The Bertz CT molecular complexity index is 447. The second-order valence-electron chi connectivity index (χ2n) is 6.28. The number of anilines is 1. The van der Waals surface area contributed by atoms with Gasteiger partial charge < -0.3 is 20.4 Å². The fourth-order valence-corrected chi connectivity index (χ4v) is 2.11. The van der Waals surface area contributed by atoms with E-state index >= 15 is 0 Å². The Balaban J connectivity index is 2.09. The normalized spacial score (nSPS) is 20.1. The number of hydrogen-bond acceptors (Lipinski definition) is 4. The first-order valence-corrected chi connectivity index (χ1v) is 7.25. The quantitative estimate of drug-likeness (QED) is 0.635. The van der Waals surface area contributed by atoms with Crippen molar-refractivity contribution in [2.75, 3.05) is 18.4 Å². The average molecular weight is 276 g/mol. The fraction of sp³-hybridized carbons (Fsp3) is 0.600. The van der Waals surface area contributed by atoms with Gasteiger partial charge in [-0.15, -0.1) is 0 Å². The lowest BCUT2D eigenvalue weighted by molar-refractivity contribution is 0.00578. The first-order chi connectivity index (χ1) is 9.36. The summed E-state index contributed by atoms with van der Waals surface area (Å²) in [5, 5.41) is 3.36. The number of hydrogen-bond donors (Lipinski definition) is 2. The molecule has 1 aliphatic heterocycles. The van der Waals surface area contributed by atoms with E-state index in [-0.39, 0.29) is 18.3 Å². The third-order valence-electron chi connectivity index (χ3n) is 4.12. The van der Waals surface area contributed by atoms with Crippen LogP contribution in [0.5, 0.6) is 0 Å². The van der Waals surface area contributed by atoms with Gasteiger partial charge in [0, 0.05) is 12.2 Å². The number of benzene rings is 1. The number of nitrogens with two attached hydrogens (primary N) is 1. The second-order valence-corrected chi connectivity index (χ2v) is 6.28. The van der Waals surface area contributed by atoms with Crippen LogP contribution in [0.2, 0.25) is 0 Å². The molecular weight excluding hydrogens is 251 g/mol. The molecule has 0 radical (unpaired) electrons. The highest BCUT2D eigenvalue weighted by Gasteiger charge is 2.51. The minimum atomic E-state index is -0.309. The molecule has 0 atom stereocenters. The van der Waals surface area contributed by atoms with E-state index in [9.17, 15) is 0 Å². The van der Waals surface area contributed by atoms with Gasteiger partial charge in [-0.3, -0.25) is 0 Å². The van der Waals surface area contributed by atoms with Gasteiger partial charge in [-0.2, -0.15) is 0 Å². The van der Waals surface area contributed by atoms with Gasteiger partial charge in [0.05, 0.1) is 11.2 Å². The van der Waals surface area contributed by atoms with Gasteiger partial charge in [0.2, 0.25) is 0 Å². The van der Waals surface area contributed by atoms with Crippen LogP contribution in [0.25, 0.3) is 0 Å². The van der Waals surface area contributed by atoms with E-state index in [1.807, 2.05) is 18.2 Å². The molecule has 4 nitrogen and oxygen atoms in total. The Morgan fingerprint density at radius 2 is 1.80 bits per heavy atom. The standard InChI is InChI=1S/C15H25BN2O2/c1-14(2)15(3,4)20-16(19-14)12-7-5-8-13(11-12)18-10-6-9-17/h5,7-8,11,18H,6,9-10,17H2,1-4H3. The molecule has 2 rings (SSSR count). The summed E-state index contributed by atoms with van der Waals surface area (Å²) in [4.78, 5) is 0. The zero-order chi connectivity index (χ0) is 14.8. The molecule has 0 bridgehead atoms. The molecule has 0 aromatic heterocycles. The molecule has 1 aromatic carbocycles. The van der Waals surface area contributed by atoms with Crippen LogP contribution in [0.15, 0.2) is 24.3 Å². The maximum atomic E-state index is 6.06. The van der Waals surface area contributed by atoms with Crippen molar-refractivity contribution in [3.8, 4) is 0 Å². The van der Waals surface area contributed by atoms with E-state index in [1.165, 1.54) is 0 Å². The minimum absolute atomic E-state index is 0.305. The van der Waals surface area contributed by atoms with Crippen LogP contribution in [-0.2, 0) is 9.31 Å².